The fraction of sp³-hybridized carbons (Fsp3) is 0.615. The number of aromatic nitrogens is 2. The topological polar surface area (TPSA) is 89.5 Å². The van der Waals surface area contributed by atoms with Crippen molar-refractivity contribution >= 4 is 32.1 Å². The molecule has 0 atom stereocenters. The zero-order valence-corrected chi connectivity index (χ0v) is 14.3. The standard InChI is InChI=1S/C13H22N4O2S2/c1-8(2)10(9(3)4)7-15-21(18,19)12-11(14)16-13-17(12)5-6-20-13/h5-6,8-10,15H,7,14H2,1-4H3. The SMILES string of the molecule is CC(C)C(CNS(=O)(=O)c1c(N)nc2sccn12)C(C)C. The normalized spacial score (nSPS) is 13.1. The third-order valence-corrected chi connectivity index (χ3v) is 5.94. The molecular weight excluding hydrogens is 308 g/mol. The lowest BCUT2D eigenvalue weighted by Crippen LogP contribution is -2.34. The van der Waals surface area contributed by atoms with Gasteiger partial charge in [-0.3, -0.25) is 4.40 Å². The Morgan fingerprint density at radius 2 is 1.95 bits per heavy atom. The molecule has 118 valence electrons. The Hall–Kier alpha value is -1.12. The van der Waals surface area contributed by atoms with Crippen LogP contribution in [-0.2, 0) is 10.0 Å². The predicted octanol–water partition coefficient (Wildman–Crippen LogP) is 2.18. The van der Waals surface area contributed by atoms with E-state index in [1.54, 1.807) is 11.6 Å². The van der Waals surface area contributed by atoms with Crippen LogP contribution in [0.25, 0.3) is 4.96 Å². The third kappa shape index (κ3) is 3.22. The Bertz CT molecular complexity index is 708. The van der Waals surface area contributed by atoms with E-state index in [0.717, 1.165) is 0 Å². The van der Waals surface area contributed by atoms with Gasteiger partial charge < -0.3 is 5.73 Å². The van der Waals surface area contributed by atoms with Crippen LogP contribution in [0.2, 0.25) is 0 Å². The Kier molecular flexibility index (Phi) is 4.60. The van der Waals surface area contributed by atoms with Crippen molar-refractivity contribution in [3.8, 4) is 0 Å². The number of imidazole rings is 1. The van der Waals surface area contributed by atoms with Gasteiger partial charge in [-0.1, -0.05) is 27.7 Å². The third-order valence-electron chi connectivity index (χ3n) is 3.72. The van der Waals surface area contributed by atoms with Gasteiger partial charge in [0, 0.05) is 18.1 Å². The van der Waals surface area contributed by atoms with Crippen molar-refractivity contribution in [3.05, 3.63) is 11.6 Å². The molecule has 0 aromatic carbocycles. The van der Waals surface area contributed by atoms with E-state index in [1.165, 1.54) is 15.7 Å². The fourth-order valence-corrected chi connectivity index (χ4v) is 4.62. The lowest BCUT2D eigenvalue weighted by Gasteiger charge is -2.24. The van der Waals surface area contributed by atoms with Crippen molar-refractivity contribution in [2.75, 3.05) is 12.3 Å². The molecular formula is C13H22N4O2S2. The van der Waals surface area contributed by atoms with Gasteiger partial charge >= 0.3 is 0 Å². The van der Waals surface area contributed by atoms with E-state index in [2.05, 4.69) is 37.4 Å². The molecule has 2 heterocycles. The van der Waals surface area contributed by atoms with Crippen LogP contribution in [0.4, 0.5) is 5.82 Å². The summed E-state index contributed by atoms with van der Waals surface area (Å²) in [7, 11) is -3.67. The highest BCUT2D eigenvalue weighted by atomic mass is 32.2. The fourth-order valence-electron chi connectivity index (χ4n) is 2.56. The molecule has 0 saturated heterocycles. The van der Waals surface area contributed by atoms with Gasteiger partial charge in [-0.25, -0.2) is 18.1 Å². The van der Waals surface area contributed by atoms with Crippen molar-refractivity contribution in [1.29, 1.82) is 0 Å². The molecule has 6 nitrogen and oxygen atoms in total. The van der Waals surface area contributed by atoms with Crippen LogP contribution < -0.4 is 10.5 Å². The minimum Gasteiger partial charge on any atom is -0.381 e. The summed E-state index contributed by atoms with van der Waals surface area (Å²) in [6.45, 7) is 8.80. The van der Waals surface area contributed by atoms with E-state index in [1.807, 2.05) is 0 Å². The summed E-state index contributed by atoms with van der Waals surface area (Å²) in [4.78, 5) is 4.66. The van der Waals surface area contributed by atoms with Crippen LogP contribution in [0.5, 0.6) is 0 Å². The lowest BCUT2D eigenvalue weighted by atomic mass is 9.86. The largest absolute Gasteiger partial charge is 0.381 e. The average Bonchev–Trinajstić information content (AvgIpc) is 2.86. The molecule has 0 fully saturated rings. The second-order valence-corrected chi connectivity index (χ2v) is 8.42. The van der Waals surface area contributed by atoms with Crippen molar-refractivity contribution < 1.29 is 8.42 Å². The molecule has 8 heteroatoms. The summed E-state index contributed by atoms with van der Waals surface area (Å²) in [5.74, 6) is 1.11. The summed E-state index contributed by atoms with van der Waals surface area (Å²) in [6.07, 6.45) is 1.67. The number of nitrogens with one attached hydrogen (secondary N) is 1. The van der Waals surface area contributed by atoms with Gasteiger partial charge in [-0.15, -0.1) is 11.3 Å². The minimum absolute atomic E-state index is 0.0324. The van der Waals surface area contributed by atoms with Crippen LogP contribution >= 0.6 is 11.3 Å². The summed E-state index contributed by atoms with van der Waals surface area (Å²) >= 11 is 1.35. The van der Waals surface area contributed by atoms with Crippen LogP contribution in [0.15, 0.2) is 16.6 Å². The molecule has 2 rings (SSSR count). The molecule has 0 aliphatic rings. The van der Waals surface area contributed by atoms with Gasteiger partial charge in [0.1, 0.15) is 0 Å². The number of rotatable bonds is 6. The number of hydrogen-bond acceptors (Lipinski definition) is 5. The van der Waals surface area contributed by atoms with Gasteiger partial charge in [0.15, 0.2) is 15.8 Å². The second kappa shape index (κ2) is 5.94. The number of nitrogens with zero attached hydrogens (tertiary/aromatic N) is 2. The molecule has 2 aromatic heterocycles. The first-order valence-corrected chi connectivity index (χ1v) is 9.31. The Balaban J connectivity index is 2.26. The van der Waals surface area contributed by atoms with Gasteiger partial charge in [0.05, 0.1) is 0 Å². The highest BCUT2D eigenvalue weighted by molar-refractivity contribution is 7.89. The van der Waals surface area contributed by atoms with Crippen LogP contribution in [-0.4, -0.2) is 24.3 Å². The maximum atomic E-state index is 12.5. The minimum atomic E-state index is -3.67. The van der Waals surface area contributed by atoms with E-state index in [-0.39, 0.29) is 16.8 Å². The summed E-state index contributed by atoms with van der Waals surface area (Å²) in [6, 6.07) is 0. The first kappa shape index (κ1) is 16.3. The number of anilines is 1. The summed E-state index contributed by atoms with van der Waals surface area (Å²) in [5, 5.41) is 1.82. The van der Waals surface area contributed by atoms with Gasteiger partial charge in [-0.2, -0.15) is 0 Å². The Morgan fingerprint density at radius 1 is 1.33 bits per heavy atom. The molecule has 0 amide bonds. The summed E-state index contributed by atoms with van der Waals surface area (Å²) < 4.78 is 29.3. The Labute approximate surface area is 129 Å². The number of fused-ring (bicyclic) bond motifs is 1. The molecule has 0 unspecified atom stereocenters. The quantitative estimate of drug-likeness (QED) is 0.849. The van der Waals surface area contributed by atoms with Crippen molar-refractivity contribution in [2.45, 2.75) is 32.7 Å². The maximum absolute atomic E-state index is 12.5. The van der Waals surface area contributed by atoms with Crippen molar-refractivity contribution in [1.82, 2.24) is 14.1 Å². The monoisotopic (exact) mass is 330 g/mol. The van der Waals surface area contributed by atoms with Gasteiger partial charge in [0.2, 0.25) is 0 Å². The number of thiazole rings is 1. The first-order valence-electron chi connectivity index (χ1n) is 6.94. The van der Waals surface area contributed by atoms with Gasteiger partial charge in [-0.05, 0) is 17.8 Å². The highest BCUT2D eigenvalue weighted by Crippen LogP contribution is 2.24. The van der Waals surface area contributed by atoms with E-state index in [0.29, 0.717) is 23.3 Å². The van der Waals surface area contributed by atoms with Crippen LogP contribution in [0.1, 0.15) is 27.7 Å². The zero-order chi connectivity index (χ0) is 15.8. The Morgan fingerprint density at radius 3 is 2.52 bits per heavy atom. The average molecular weight is 330 g/mol. The molecule has 0 aliphatic heterocycles. The molecule has 0 saturated carbocycles. The molecule has 2 aromatic rings. The van der Waals surface area contributed by atoms with Crippen molar-refractivity contribution in [2.24, 2.45) is 17.8 Å². The van der Waals surface area contributed by atoms with E-state index in [9.17, 15) is 8.42 Å². The van der Waals surface area contributed by atoms with E-state index < -0.39 is 10.0 Å². The second-order valence-electron chi connectivity index (χ2n) is 5.86. The maximum Gasteiger partial charge on any atom is 0.260 e. The van der Waals surface area contributed by atoms with E-state index >= 15 is 0 Å². The number of sulfonamides is 1. The predicted molar refractivity (Wildman–Crippen MR) is 85.8 cm³/mol. The summed E-state index contributed by atoms with van der Waals surface area (Å²) in [5.41, 5.74) is 5.77. The molecule has 3 N–H and O–H groups in total. The number of nitrogens with two attached hydrogens (primary N) is 1. The lowest BCUT2D eigenvalue weighted by molar-refractivity contribution is 0.289. The smallest absolute Gasteiger partial charge is 0.260 e. The van der Waals surface area contributed by atoms with Crippen molar-refractivity contribution in [3.63, 3.8) is 0 Å². The number of nitrogen functional groups attached to an aromatic ring is 1. The molecule has 0 aliphatic carbocycles. The first-order chi connectivity index (χ1) is 9.74. The number of hydrogen-bond donors (Lipinski definition) is 2. The molecule has 0 radical (unpaired) electrons. The van der Waals surface area contributed by atoms with E-state index in [4.69, 9.17) is 5.73 Å². The zero-order valence-electron chi connectivity index (χ0n) is 12.7. The van der Waals surface area contributed by atoms with Crippen LogP contribution in [0, 0.1) is 17.8 Å². The molecule has 21 heavy (non-hydrogen) atoms. The van der Waals surface area contributed by atoms with Gasteiger partial charge in [0.25, 0.3) is 10.0 Å². The van der Waals surface area contributed by atoms with Crippen LogP contribution in [0.3, 0.4) is 0 Å². The molecule has 0 spiro atoms. The molecule has 0 bridgehead atoms. The highest BCUT2D eigenvalue weighted by Gasteiger charge is 2.26.